The van der Waals surface area contributed by atoms with Crippen LogP contribution in [0.4, 0.5) is 13.2 Å². The van der Waals surface area contributed by atoms with Gasteiger partial charge in [0.2, 0.25) is 0 Å². The van der Waals surface area contributed by atoms with Gasteiger partial charge in [-0.15, -0.1) is 0 Å². The zero-order valence-corrected chi connectivity index (χ0v) is 7.29. The molecule has 0 amide bonds. The van der Waals surface area contributed by atoms with Crippen LogP contribution in [0.5, 0.6) is 0 Å². The van der Waals surface area contributed by atoms with Gasteiger partial charge in [0, 0.05) is 0 Å². The molecule has 0 heterocycles. The summed E-state index contributed by atoms with van der Waals surface area (Å²) in [7, 11) is 0. The van der Waals surface area contributed by atoms with Crippen molar-refractivity contribution in [1.82, 2.24) is 0 Å². The van der Waals surface area contributed by atoms with Crippen LogP contribution in [0.25, 0.3) is 0 Å². The van der Waals surface area contributed by atoms with E-state index in [-0.39, 0.29) is 5.92 Å². The van der Waals surface area contributed by atoms with Gasteiger partial charge in [0.25, 0.3) is 0 Å². The van der Waals surface area contributed by atoms with E-state index in [1.165, 1.54) is 13.8 Å². The lowest BCUT2D eigenvalue weighted by Gasteiger charge is -2.26. The standard InChI is InChI=1S/C8H14F3/c1-5(2)7(6(3)4)8(9,10)11/h5,7H,1-4H3. The molecule has 0 aliphatic carbocycles. The number of hydrogen-bond donors (Lipinski definition) is 0. The molecule has 1 radical (unpaired) electrons. The molecule has 0 rings (SSSR count). The van der Waals surface area contributed by atoms with E-state index in [1.54, 1.807) is 13.8 Å². The summed E-state index contributed by atoms with van der Waals surface area (Å²) >= 11 is 0. The highest BCUT2D eigenvalue weighted by molar-refractivity contribution is 4.93. The molecular formula is C8H14F3. The Morgan fingerprint density at radius 1 is 1.09 bits per heavy atom. The molecule has 0 aromatic rings. The van der Waals surface area contributed by atoms with E-state index < -0.39 is 12.1 Å². The molecule has 0 nitrogen and oxygen atoms in total. The minimum atomic E-state index is -4.08. The maximum Gasteiger partial charge on any atom is 0.392 e. The van der Waals surface area contributed by atoms with Crippen molar-refractivity contribution in [1.29, 1.82) is 0 Å². The molecule has 67 valence electrons. The highest BCUT2D eigenvalue weighted by Crippen LogP contribution is 2.37. The summed E-state index contributed by atoms with van der Waals surface area (Å²) < 4.78 is 36.6. The van der Waals surface area contributed by atoms with Gasteiger partial charge in [0.1, 0.15) is 0 Å². The van der Waals surface area contributed by atoms with E-state index in [0.717, 1.165) is 0 Å². The van der Waals surface area contributed by atoms with Gasteiger partial charge >= 0.3 is 6.18 Å². The Morgan fingerprint density at radius 2 is 1.45 bits per heavy atom. The normalized spacial score (nSPS) is 13.6. The fourth-order valence-electron chi connectivity index (χ4n) is 1.37. The lowest BCUT2D eigenvalue weighted by molar-refractivity contribution is -0.180. The lowest BCUT2D eigenvalue weighted by atomic mass is 9.85. The molecule has 0 aromatic carbocycles. The number of halogens is 3. The molecule has 1 unspecified atom stereocenters. The summed E-state index contributed by atoms with van der Waals surface area (Å²) in [6, 6.07) is 0. The Labute approximate surface area is 65.8 Å². The maximum absolute atomic E-state index is 12.2. The molecule has 0 bridgehead atoms. The van der Waals surface area contributed by atoms with Gasteiger partial charge in [-0.25, -0.2) is 0 Å². The third kappa shape index (κ3) is 3.12. The summed E-state index contributed by atoms with van der Waals surface area (Å²) in [6.45, 7) is 6.23. The number of rotatable bonds is 2. The average molecular weight is 167 g/mol. The minimum absolute atomic E-state index is 0.361. The zero-order valence-electron chi connectivity index (χ0n) is 7.29. The van der Waals surface area contributed by atoms with Gasteiger partial charge in [-0.3, -0.25) is 0 Å². The van der Waals surface area contributed by atoms with Gasteiger partial charge < -0.3 is 0 Å². The Morgan fingerprint density at radius 3 is 1.45 bits per heavy atom. The molecule has 0 spiro atoms. The Hall–Kier alpha value is -0.210. The Bertz CT molecular complexity index is 105. The van der Waals surface area contributed by atoms with E-state index in [4.69, 9.17) is 0 Å². The van der Waals surface area contributed by atoms with Crippen LogP contribution >= 0.6 is 0 Å². The van der Waals surface area contributed by atoms with Crippen LogP contribution in [0.1, 0.15) is 27.7 Å². The molecule has 0 saturated carbocycles. The topological polar surface area (TPSA) is 0 Å². The molecular weight excluding hydrogens is 153 g/mol. The van der Waals surface area contributed by atoms with Crippen LogP contribution in [0.15, 0.2) is 0 Å². The van der Waals surface area contributed by atoms with Crippen LogP contribution in [0, 0.1) is 17.8 Å². The van der Waals surface area contributed by atoms with Gasteiger partial charge in [-0.1, -0.05) is 27.7 Å². The van der Waals surface area contributed by atoms with Gasteiger partial charge in [-0.05, 0) is 11.8 Å². The predicted octanol–water partition coefficient (Wildman–Crippen LogP) is 3.44. The van der Waals surface area contributed by atoms with Crippen LogP contribution in [-0.4, -0.2) is 6.18 Å². The van der Waals surface area contributed by atoms with Crippen molar-refractivity contribution in [3.63, 3.8) is 0 Å². The second-order valence-electron chi connectivity index (χ2n) is 3.34. The van der Waals surface area contributed by atoms with E-state index in [1.807, 2.05) is 0 Å². The first kappa shape index (κ1) is 10.8. The van der Waals surface area contributed by atoms with Crippen LogP contribution in [0.3, 0.4) is 0 Å². The number of hydrogen-bond acceptors (Lipinski definition) is 0. The second-order valence-corrected chi connectivity index (χ2v) is 3.34. The molecule has 0 saturated heterocycles. The molecule has 0 aromatic heterocycles. The lowest BCUT2D eigenvalue weighted by Crippen LogP contribution is -2.30. The van der Waals surface area contributed by atoms with E-state index >= 15 is 0 Å². The average Bonchev–Trinajstić information content (AvgIpc) is 1.54. The monoisotopic (exact) mass is 167 g/mol. The van der Waals surface area contributed by atoms with Crippen LogP contribution < -0.4 is 0 Å². The third-order valence-electron chi connectivity index (χ3n) is 1.64. The van der Waals surface area contributed by atoms with E-state index in [9.17, 15) is 13.2 Å². The zero-order chi connectivity index (χ0) is 9.23. The van der Waals surface area contributed by atoms with Crippen molar-refractivity contribution < 1.29 is 13.2 Å². The van der Waals surface area contributed by atoms with Crippen molar-refractivity contribution in [3.05, 3.63) is 5.92 Å². The quantitative estimate of drug-likeness (QED) is 0.591. The summed E-state index contributed by atoms with van der Waals surface area (Å²) in [5.74, 6) is -1.17. The molecule has 0 aliphatic rings. The molecule has 0 fully saturated rings. The van der Waals surface area contributed by atoms with Gasteiger partial charge in [-0.2, -0.15) is 13.2 Å². The third-order valence-corrected chi connectivity index (χ3v) is 1.64. The molecule has 3 heteroatoms. The molecule has 11 heavy (non-hydrogen) atoms. The molecule has 1 atom stereocenters. The second kappa shape index (κ2) is 3.46. The van der Waals surface area contributed by atoms with Crippen molar-refractivity contribution in [2.24, 2.45) is 11.8 Å². The van der Waals surface area contributed by atoms with Crippen molar-refractivity contribution in [3.8, 4) is 0 Å². The fourth-order valence-corrected chi connectivity index (χ4v) is 1.37. The summed E-state index contributed by atoms with van der Waals surface area (Å²) in [5, 5.41) is 0. The largest absolute Gasteiger partial charge is 0.392 e. The minimum Gasteiger partial charge on any atom is -0.171 e. The fraction of sp³-hybridized carbons (Fsp3) is 0.875. The highest BCUT2D eigenvalue weighted by atomic mass is 19.4. The maximum atomic E-state index is 12.2. The van der Waals surface area contributed by atoms with E-state index in [0.29, 0.717) is 5.92 Å². The van der Waals surface area contributed by atoms with E-state index in [2.05, 4.69) is 0 Å². The molecule has 0 aliphatic heterocycles. The van der Waals surface area contributed by atoms with Crippen molar-refractivity contribution in [2.45, 2.75) is 33.9 Å². The summed E-state index contributed by atoms with van der Waals surface area (Å²) in [6.07, 6.45) is -4.08. The Balaban J connectivity index is 4.35. The number of alkyl halides is 3. The van der Waals surface area contributed by atoms with Crippen LogP contribution in [0.2, 0.25) is 0 Å². The van der Waals surface area contributed by atoms with Gasteiger partial charge in [0.05, 0.1) is 5.92 Å². The van der Waals surface area contributed by atoms with Crippen molar-refractivity contribution >= 4 is 0 Å². The summed E-state index contributed by atoms with van der Waals surface area (Å²) in [4.78, 5) is 0. The van der Waals surface area contributed by atoms with Crippen LogP contribution in [-0.2, 0) is 0 Å². The smallest absolute Gasteiger partial charge is 0.171 e. The first-order chi connectivity index (χ1) is 4.76. The predicted molar refractivity (Wildman–Crippen MR) is 39.0 cm³/mol. The first-order valence-corrected chi connectivity index (χ1v) is 3.63. The van der Waals surface area contributed by atoms with Gasteiger partial charge in [0.15, 0.2) is 0 Å². The van der Waals surface area contributed by atoms with Crippen molar-refractivity contribution in [2.75, 3.05) is 0 Å². The SMILES string of the molecule is C[C](C)C(C(C)C)C(F)(F)F. The Kier molecular flexibility index (Phi) is 3.39. The highest BCUT2D eigenvalue weighted by Gasteiger charge is 2.43. The summed E-state index contributed by atoms with van der Waals surface area (Å²) in [5.41, 5.74) is 0. The first-order valence-electron chi connectivity index (χ1n) is 3.63. The molecule has 0 N–H and O–H groups in total.